The topological polar surface area (TPSA) is 87.7 Å². The van der Waals surface area contributed by atoms with Gasteiger partial charge in [-0.3, -0.25) is 0 Å². The van der Waals surface area contributed by atoms with Gasteiger partial charge in [0.15, 0.2) is 6.04 Å². The third-order valence-electron chi connectivity index (χ3n) is 1.34. The molecule has 14 heavy (non-hydrogen) atoms. The summed E-state index contributed by atoms with van der Waals surface area (Å²) in [5, 5.41) is 13.3. The molecule has 0 heterocycles. The minimum absolute atomic E-state index is 0.0726. The molecule has 0 aromatic heterocycles. The molecule has 6 nitrogen and oxygen atoms in total. The predicted molar refractivity (Wildman–Crippen MR) is 50.0 cm³/mol. The van der Waals surface area contributed by atoms with Crippen molar-refractivity contribution in [3.8, 4) is 0 Å². The van der Waals surface area contributed by atoms with Crippen LogP contribution in [0.5, 0.6) is 0 Å². The molecule has 1 atom stereocenters. The van der Waals surface area contributed by atoms with Crippen LogP contribution in [-0.2, 0) is 9.53 Å². The molecule has 2 amide bonds. The molecule has 80 valence electrons. The minimum atomic E-state index is -1.14. The Balaban J connectivity index is 3.95. The van der Waals surface area contributed by atoms with E-state index < -0.39 is 18.0 Å². The highest BCUT2D eigenvalue weighted by atomic mass is 16.5. The number of aliphatic carboxylic acids is 1. The first kappa shape index (κ1) is 12.4. The first-order valence-corrected chi connectivity index (χ1v) is 3.98. The summed E-state index contributed by atoms with van der Waals surface area (Å²) in [6.07, 6.45) is 1.49. The Morgan fingerprint density at radius 2 is 2.29 bits per heavy atom. The number of carboxylic acids is 1. The van der Waals surface area contributed by atoms with E-state index in [-0.39, 0.29) is 13.2 Å². The predicted octanol–water partition coefficient (Wildman–Crippen LogP) is -0.429. The van der Waals surface area contributed by atoms with Crippen molar-refractivity contribution in [1.29, 1.82) is 0 Å². The number of hydrogen-bond donors (Lipinski definition) is 3. The molecule has 0 saturated carbocycles. The van der Waals surface area contributed by atoms with Crippen LogP contribution in [0.1, 0.15) is 0 Å². The Bertz CT molecular complexity index is 217. The average molecular weight is 202 g/mol. The maximum absolute atomic E-state index is 11.0. The molecule has 0 aliphatic heterocycles. The molecule has 0 fully saturated rings. The summed E-state index contributed by atoms with van der Waals surface area (Å²) in [5.74, 6) is -1.14. The second kappa shape index (κ2) is 6.90. The van der Waals surface area contributed by atoms with Crippen molar-refractivity contribution in [2.24, 2.45) is 0 Å². The van der Waals surface area contributed by atoms with Crippen LogP contribution in [0, 0.1) is 0 Å². The maximum atomic E-state index is 11.0. The Kier molecular flexibility index (Phi) is 6.13. The average Bonchev–Trinajstić information content (AvgIpc) is 2.14. The lowest BCUT2D eigenvalue weighted by atomic mass is 10.3. The van der Waals surface area contributed by atoms with Crippen molar-refractivity contribution in [2.45, 2.75) is 6.04 Å². The monoisotopic (exact) mass is 202 g/mol. The van der Waals surface area contributed by atoms with E-state index in [1.807, 2.05) is 0 Å². The molecule has 6 heteroatoms. The maximum Gasteiger partial charge on any atom is 0.328 e. The van der Waals surface area contributed by atoms with E-state index in [2.05, 4.69) is 21.9 Å². The fraction of sp³-hybridized carbons (Fsp3) is 0.500. The van der Waals surface area contributed by atoms with E-state index >= 15 is 0 Å². The number of carboxylic acid groups (broad SMARTS) is 1. The number of urea groups is 1. The van der Waals surface area contributed by atoms with Crippen LogP contribution < -0.4 is 10.6 Å². The van der Waals surface area contributed by atoms with Gasteiger partial charge in [0.05, 0.1) is 6.61 Å². The molecule has 0 rings (SSSR count). The van der Waals surface area contributed by atoms with Gasteiger partial charge in [0.2, 0.25) is 0 Å². The SMILES string of the molecule is C=CCNC(=O)NC(COC)C(=O)O. The zero-order valence-corrected chi connectivity index (χ0v) is 7.95. The highest BCUT2D eigenvalue weighted by Crippen LogP contribution is 1.85. The van der Waals surface area contributed by atoms with Crippen molar-refractivity contribution in [2.75, 3.05) is 20.3 Å². The van der Waals surface area contributed by atoms with Crippen LogP contribution in [0.4, 0.5) is 4.79 Å². The van der Waals surface area contributed by atoms with Gasteiger partial charge in [-0.2, -0.15) is 0 Å². The molecule has 0 radical (unpaired) electrons. The number of carbonyl (C=O) groups excluding carboxylic acids is 1. The second-order valence-corrected chi connectivity index (χ2v) is 2.49. The fourth-order valence-electron chi connectivity index (χ4n) is 0.716. The van der Waals surface area contributed by atoms with Crippen LogP contribution in [0.3, 0.4) is 0 Å². The van der Waals surface area contributed by atoms with Gasteiger partial charge in [0.25, 0.3) is 0 Å². The van der Waals surface area contributed by atoms with Crippen LogP contribution in [0.2, 0.25) is 0 Å². The minimum Gasteiger partial charge on any atom is -0.480 e. The van der Waals surface area contributed by atoms with Gasteiger partial charge in [-0.05, 0) is 0 Å². The third-order valence-corrected chi connectivity index (χ3v) is 1.34. The molecule has 1 unspecified atom stereocenters. The Labute approximate surface area is 81.9 Å². The van der Waals surface area contributed by atoms with Crippen molar-refractivity contribution < 1.29 is 19.4 Å². The molecule has 0 spiro atoms. The van der Waals surface area contributed by atoms with E-state index in [1.54, 1.807) is 0 Å². The van der Waals surface area contributed by atoms with Gasteiger partial charge in [0, 0.05) is 13.7 Å². The summed E-state index contributed by atoms with van der Waals surface area (Å²) < 4.78 is 4.63. The second-order valence-electron chi connectivity index (χ2n) is 2.49. The summed E-state index contributed by atoms with van der Waals surface area (Å²) in [5.41, 5.74) is 0. The fourth-order valence-corrected chi connectivity index (χ4v) is 0.716. The number of carbonyl (C=O) groups is 2. The first-order valence-electron chi connectivity index (χ1n) is 3.98. The van der Waals surface area contributed by atoms with Gasteiger partial charge in [-0.25, -0.2) is 9.59 Å². The van der Waals surface area contributed by atoms with Gasteiger partial charge in [-0.15, -0.1) is 6.58 Å². The molecule has 0 saturated heterocycles. The van der Waals surface area contributed by atoms with E-state index in [0.717, 1.165) is 0 Å². The van der Waals surface area contributed by atoms with Crippen molar-refractivity contribution in [3.05, 3.63) is 12.7 Å². The largest absolute Gasteiger partial charge is 0.480 e. The van der Waals surface area contributed by atoms with Gasteiger partial charge >= 0.3 is 12.0 Å². The van der Waals surface area contributed by atoms with E-state index in [4.69, 9.17) is 5.11 Å². The Hall–Kier alpha value is -1.56. The van der Waals surface area contributed by atoms with Crippen molar-refractivity contribution in [3.63, 3.8) is 0 Å². The smallest absolute Gasteiger partial charge is 0.328 e. The summed E-state index contributed by atoms with van der Waals surface area (Å²) in [4.78, 5) is 21.6. The quantitative estimate of drug-likeness (QED) is 0.510. The van der Waals surface area contributed by atoms with Gasteiger partial charge in [0.1, 0.15) is 0 Å². The zero-order chi connectivity index (χ0) is 11.0. The molecule has 3 N–H and O–H groups in total. The molecule has 0 aromatic carbocycles. The molecule has 0 bridgehead atoms. The number of hydrogen-bond acceptors (Lipinski definition) is 3. The highest BCUT2D eigenvalue weighted by Gasteiger charge is 2.18. The van der Waals surface area contributed by atoms with Crippen LogP contribution >= 0.6 is 0 Å². The first-order chi connectivity index (χ1) is 6.61. The van der Waals surface area contributed by atoms with E-state index in [1.165, 1.54) is 13.2 Å². The summed E-state index contributed by atoms with van der Waals surface area (Å²) in [7, 11) is 1.36. The number of ether oxygens (including phenoxy) is 1. The van der Waals surface area contributed by atoms with Crippen LogP contribution in [0.25, 0.3) is 0 Å². The Morgan fingerprint density at radius 3 is 2.71 bits per heavy atom. The molecule has 0 aromatic rings. The third kappa shape index (κ3) is 5.15. The Morgan fingerprint density at radius 1 is 1.64 bits per heavy atom. The summed E-state index contributed by atoms with van der Waals surface area (Å²) in [6, 6.07) is -1.60. The zero-order valence-electron chi connectivity index (χ0n) is 7.95. The van der Waals surface area contributed by atoms with E-state index in [0.29, 0.717) is 0 Å². The lowest BCUT2D eigenvalue weighted by molar-refractivity contribution is -0.140. The van der Waals surface area contributed by atoms with Crippen LogP contribution in [-0.4, -0.2) is 43.4 Å². The van der Waals surface area contributed by atoms with E-state index in [9.17, 15) is 9.59 Å². The lowest BCUT2D eigenvalue weighted by Crippen LogP contribution is -2.48. The number of amides is 2. The van der Waals surface area contributed by atoms with Crippen molar-refractivity contribution >= 4 is 12.0 Å². The normalized spacial score (nSPS) is 11.5. The lowest BCUT2D eigenvalue weighted by Gasteiger charge is -2.13. The number of rotatable bonds is 6. The van der Waals surface area contributed by atoms with Crippen molar-refractivity contribution in [1.82, 2.24) is 10.6 Å². The standard InChI is InChI=1S/C8H14N2O4/c1-3-4-9-8(13)10-6(5-14-2)7(11)12/h3,6H,1,4-5H2,2H3,(H,11,12)(H2,9,10,13). The van der Waals surface area contributed by atoms with Gasteiger partial charge in [-0.1, -0.05) is 6.08 Å². The molecular weight excluding hydrogens is 188 g/mol. The highest BCUT2D eigenvalue weighted by molar-refractivity contribution is 5.82. The van der Waals surface area contributed by atoms with Crippen LogP contribution in [0.15, 0.2) is 12.7 Å². The summed E-state index contributed by atoms with van der Waals surface area (Å²) in [6.45, 7) is 3.61. The number of nitrogens with one attached hydrogen (secondary N) is 2. The molecule has 0 aliphatic rings. The molecular formula is C8H14N2O4. The summed E-state index contributed by atoms with van der Waals surface area (Å²) >= 11 is 0. The molecule has 0 aliphatic carbocycles. The van der Waals surface area contributed by atoms with Gasteiger partial charge < -0.3 is 20.5 Å². The number of methoxy groups -OCH3 is 1.